The molecular weight excluding hydrogens is 250 g/mol. The fourth-order valence-corrected chi connectivity index (χ4v) is 3.13. The van der Waals surface area contributed by atoms with Gasteiger partial charge in [0.15, 0.2) is 0 Å². The fourth-order valence-electron chi connectivity index (χ4n) is 3.13. The third-order valence-electron chi connectivity index (χ3n) is 4.55. The third kappa shape index (κ3) is 5.41. The largest absolute Gasteiger partial charge is 0.352 e. The summed E-state index contributed by atoms with van der Waals surface area (Å²) in [6.07, 6.45) is 6.63. The third-order valence-corrected chi connectivity index (χ3v) is 4.55. The van der Waals surface area contributed by atoms with Crippen molar-refractivity contribution in [3.8, 4) is 0 Å². The molecule has 0 radical (unpaired) electrons. The lowest BCUT2D eigenvalue weighted by Crippen LogP contribution is -2.51. The van der Waals surface area contributed by atoms with E-state index in [1.165, 1.54) is 19.3 Å². The lowest BCUT2D eigenvalue weighted by molar-refractivity contribution is -0.124. The smallest absolute Gasteiger partial charge is 0.222 e. The van der Waals surface area contributed by atoms with Gasteiger partial charge in [0.25, 0.3) is 0 Å². The topological polar surface area (TPSA) is 44.4 Å². The van der Waals surface area contributed by atoms with Crippen LogP contribution in [-0.4, -0.2) is 50.1 Å². The molecule has 4 nitrogen and oxygen atoms in total. The first-order valence-electron chi connectivity index (χ1n) is 8.01. The molecule has 1 aliphatic rings. The Labute approximate surface area is 124 Å². The molecule has 1 fully saturated rings. The number of rotatable bonds is 7. The minimum absolute atomic E-state index is 0.0297. The monoisotopic (exact) mass is 283 g/mol. The van der Waals surface area contributed by atoms with Crippen LogP contribution in [0.15, 0.2) is 0 Å². The van der Waals surface area contributed by atoms with Crippen molar-refractivity contribution in [2.75, 3.05) is 27.7 Å². The van der Waals surface area contributed by atoms with Crippen LogP contribution >= 0.6 is 0 Å². The Morgan fingerprint density at radius 2 is 1.80 bits per heavy atom. The minimum atomic E-state index is 0.0297. The molecule has 0 aromatic rings. The highest BCUT2D eigenvalue weighted by Gasteiger charge is 2.33. The molecular formula is C16H33N3O. The molecule has 1 saturated carbocycles. The molecule has 118 valence electrons. The number of nitrogens with zero attached hydrogens (tertiary/aromatic N) is 1. The van der Waals surface area contributed by atoms with Crippen molar-refractivity contribution >= 4 is 5.91 Å². The number of carbonyl (C=O) groups excluding carboxylic acids is 1. The van der Waals surface area contributed by atoms with Gasteiger partial charge in [-0.2, -0.15) is 0 Å². The maximum absolute atomic E-state index is 12.4. The van der Waals surface area contributed by atoms with E-state index in [1.54, 1.807) is 0 Å². The molecule has 0 saturated heterocycles. The van der Waals surface area contributed by atoms with Gasteiger partial charge in [0, 0.05) is 24.5 Å². The summed E-state index contributed by atoms with van der Waals surface area (Å²) in [6, 6.07) is 0.231. The molecule has 0 bridgehead atoms. The molecule has 1 atom stereocenters. The zero-order valence-corrected chi connectivity index (χ0v) is 14.0. The summed E-state index contributed by atoms with van der Waals surface area (Å²) in [6.45, 7) is 5.24. The van der Waals surface area contributed by atoms with Gasteiger partial charge in [0.2, 0.25) is 5.91 Å². The Morgan fingerprint density at radius 1 is 1.20 bits per heavy atom. The van der Waals surface area contributed by atoms with E-state index in [4.69, 9.17) is 0 Å². The fraction of sp³-hybridized carbons (Fsp3) is 0.938. The van der Waals surface area contributed by atoms with Crippen LogP contribution < -0.4 is 10.6 Å². The molecule has 0 aliphatic heterocycles. The summed E-state index contributed by atoms with van der Waals surface area (Å²) in [5.74, 6) is 0.653. The van der Waals surface area contributed by atoms with Gasteiger partial charge in [0.05, 0.1) is 0 Å². The van der Waals surface area contributed by atoms with Crippen LogP contribution in [0.1, 0.15) is 52.4 Å². The summed E-state index contributed by atoms with van der Waals surface area (Å²) in [7, 11) is 6.11. The van der Waals surface area contributed by atoms with Crippen LogP contribution in [0.2, 0.25) is 0 Å². The van der Waals surface area contributed by atoms with Gasteiger partial charge >= 0.3 is 0 Å². The minimum Gasteiger partial charge on any atom is -0.352 e. The highest BCUT2D eigenvalue weighted by Crippen LogP contribution is 2.30. The Morgan fingerprint density at radius 3 is 2.25 bits per heavy atom. The average Bonchev–Trinajstić information content (AvgIpc) is 2.38. The maximum Gasteiger partial charge on any atom is 0.222 e. The molecule has 0 aromatic heterocycles. The predicted octanol–water partition coefficient (Wildman–Crippen LogP) is 2.00. The number of carbonyl (C=O) groups is 1. The number of amides is 1. The summed E-state index contributed by atoms with van der Waals surface area (Å²) in [5.41, 5.74) is 0.0297. The van der Waals surface area contributed by atoms with E-state index in [0.29, 0.717) is 12.3 Å². The number of nitrogens with one attached hydrogen (secondary N) is 2. The van der Waals surface area contributed by atoms with Crippen LogP contribution in [0.3, 0.4) is 0 Å². The number of hydrogen-bond acceptors (Lipinski definition) is 3. The SMILES string of the molecule is CNC1(CC(=O)NC(CN(C)C)C(C)C)CCCCC1. The van der Waals surface area contributed by atoms with E-state index in [9.17, 15) is 4.79 Å². The molecule has 2 N–H and O–H groups in total. The van der Waals surface area contributed by atoms with Gasteiger partial charge in [-0.1, -0.05) is 33.1 Å². The number of likely N-dealkylation sites (N-methyl/N-ethyl adjacent to an activating group) is 1. The Balaban J connectivity index is 2.55. The van der Waals surface area contributed by atoms with E-state index >= 15 is 0 Å². The summed E-state index contributed by atoms with van der Waals surface area (Å²) in [4.78, 5) is 14.5. The first-order chi connectivity index (χ1) is 9.38. The van der Waals surface area contributed by atoms with E-state index in [1.807, 2.05) is 7.05 Å². The van der Waals surface area contributed by atoms with Crippen LogP contribution in [0.5, 0.6) is 0 Å². The quantitative estimate of drug-likeness (QED) is 0.751. The van der Waals surface area contributed by atoms with E-state index in [2.05, 4.69) is 43.5 Å². The van der Waals surface area contributed by atoms with Gasteiger partial charge in [-0.05, 0) is 39.9 Å². The van der Waals surface area contributed by atoms with Crippen molar-refractivity contribution in [1.82, 2.24) is 15.5 Å². The lowest BCUT2D eigenvalue weighted by atomic mass is 9.79. The second-order valence-corrected chi connectivity index (χ2v) is 6.95. The van der Waals surface area contributed by atoms with Crippen LogP contribution in [0.25, 0.3) is 0 Å². The molecule has 1 rings (SSSR count). The van der Waals surface area contributed by atoms with Crippen molar-refractivity contribution < 1.29 is 4.79 Å². The Bertz CT molecular complexity index is 296. The average molecular weight is 283 g/mol. The van der Waals surface area contributed by atoms with Crippen molar-refractivity contribution in [2.24, 2.45) is 5.92 Å². The predicted molar refractivity (Wildman–Crippen MR) is 84.8 cm³/mol. The first kappa shape index (κ1) is 17.4. The second-order valence-electron chi connectivity index (χ2n) is 6.95. The van der Waals surface area contributed by atoms with Crippen molar-refractivity contribution in [1.29, 1.82) is 0 Å². The molecule has 0 spiro atoms. The van der Waals surface area contributed by atoms with Crippen LogP contribution in [0.4, 0.5) is 0 Å². The summed E-state index contributed by atoms with van der Waals surface area (Å²) in [5, 5.41) is 6.65. The van der Waals surface area contributed by atoms with Gasteiger partial charge in [0.1, 0.15) is 0 Å². The van der Waals surface area contributed by atoms with Crippen LogP contribution in [0, 0.1) is 5.92 Å². The lowest BCUT2D eigenvalue weighted by Gasteiger charge is -2.37. The second kappa shape index (κ2) is 7.99. The van der Waals surface area contributed by atoms with Crippen LogP contribution in [-0.2, 0) is 4.79 Å². The van der Waals surface area contributed by atoms with E-state index in [-0.39, 0.29) is 17.5 Å². The molecule has 0 heterocycles. The zero-order valence-electron chi connectivity index (χ0n) is 14.0. The van der Waals surface area contributed by atoms with Gasteiger partial charge in [-0.15, -0.1) is 0 Å². The van der Waals surface area contributed by atoms with Gasteiger partial charge in [-0.25, -0.2) is 0 Å². The van der Waals surface area contributed by atoms with E-state index in [0.717, 1.165) is 19.4 Å². The normalized spacial score (nSPS) is 20.1. The van der Waals surface area contributed by atoms with Crippen molar-refractivity contribution in [3.05, 3.63) is 0 Å². The van der Waals surface area contributed by atoms with Crippen molar-refractivity contribution in [3.63, 3.8) is 0 Å². The van der Waals surface area contributed by atoms with Gasteiger partial charge in [-0.3, -0.25) is 4.79 Å². The summed E-state index contributed by atoms with van der Waals surface area (Å²) < 4.78 is 0. The van der Waals surface area contributed by atoms with Gasteiger partial charge < -0.3 is 15.5 Å². The molecule has 1 amide bonds. The number of hydrogen-bond donors (Lipinski definition) is 2. The van der Waals surface area contributed by atoms with E-state index < -0.39 is 0 Å². The molecule has 20 heavy (non-hydrogen) atoms. The molecule has 1 unspecified atom stereocenters. The molecule has 4 heteroatoms. The highest BCUT2D eigenvalue weighted by atomic mass is 16.1. The zero-order chi connectivity index (χ0) is 15.2. The highest BCUT2D eigenvalue weighted by molar-refractivity contribution is 5.77. The maximum atomic E-state index is 12.4. The Hall–Kier alpha value is -0.610. The first-order valence-corrected chi connectivity index (χ1v) is 8.01. The molecule has 1 aliphatic carbocycles. The Kier molecular flexibility index (Phi) is 6.96. The molecule has 0 aromatic carbocycles. The standard InChI is InChI=1S/C16H33N3O/c1-13(2)14(12-19(4)5)18-15(20)11-16(17-3)9-7-6-8-10-16/h13-14,17H,6-12H2,1-5H3,(H,18,20). The summed E-state index contributed by atoms with van der Waals surface area (Å²) >= 11 is 0. The van der Waals surface area contributed by atoms with Crippen molar-refractivity contribution in [2.45, 2.75) is 64.0 Å².